The van der Waals surface area contributed by atoms with Gasteiger partial charge in [-0.1, -0.05) is 5.16 Å². The maximum atomic E-state index is 13.5. The lowest BCUT2D eigenvalue weighted by Crippen LogP contribution is -2.49. The summed E-state index contributed by atoms with van der Waals surface area (Å²) in [5, 5.41) is 4.93. The Labute approximate surface area is 119 Å². The minimum Gasteiger partial charge on any atom is -0.356 e. The van der Waals surface area contributed by atoms with Crippen LogP contribution in [0, 0.1) is 0 Å². The summed E-state index contributed by atoms with van der Waals surface area (Å²) < 4.78 is 93.1. The fraction of sp³-hybridized carbons (Fsp3) is 0.600. The molecule has 0 saturated heterocycles. The molecule has 1 aromatic heterocycles. The van der Waals surface area contributed by atoms with Crippen molar-refractivity contribution in [2.24, 2.45) is 0 Å². The van der Waals surface area contributed by atoms with Gasteiger partial charge in [0.15, 0.2) is 11.6 Å². The molecule has 0 aliphatic rings. The smallest absolute Gasteiger partial charge is 0.356 e. The summed E-state index contributed by atoms with van der Waals surface area (Å²) >= 11 is 0. The number of anilines is 1. The lowest BCUT2D eigenvalue weighted by atomic mass is 10.1. The van der Waals surface area contributed by atoms with Crippen molar-refractivity contribution in [2.75, 3.05) is 19.4 Å². The molecule has 0 radical (unpaired) electrons. The lowest BCUT2D eigenvalue weighted by Gasteiger charge is -2.27. The van der Waals surface area contributed by atoms with Crippen LogP contribution in [0.15, 0.2) is 10.6 Å². The highest BCUT2D eigenvalue weighted by Gasteiger charge is 2.68. The third-order valence-electron chi connectivity index (χ3n) is 2.46. The van der Waals surface area contributed by atoms with E-state index in [1.807, 2.05) is 5.32 Å². The SMILES string of the molecule is CN(C)C(=O)Nc1cc(C(F)C(F)(F)C(F)(F)C(F)F)on1. The highest BCUT2D eigenvalue weighted by molar-refractivity contribution is 5.87. The van der Waals surface area contributed by atoms with Crippen LogP contribution in [0.2, 0.25) is 0 Å². The molecule has 0 bridgehead atoms. The molecule has 0 aliphatic carbocycles. The Balaban J connectivity index is 2.97. The molecule has 1 N–H and O–H groups in total. The van der Waals surface area contributed by atoms with Crippen LogP contribution in [-0.2, 0) is 0 Å². The number of aromatic nitrogens is 1. The third-order valence-corrected chi connectivity index (χ3v) is 2.46. The normalized spacial score (nSPS) is 14.1. The molecule has 1 heterocycles. The van der Waals surface area contributed by atoms with E-state index in [1.54, 1.807) is 0 Å². The lowest BCUT2D eigenvalue weighted by molar-refractivity contribution is -0.288. The molecule has 1 unspecified atom stereocenters. The third kappa shape index (κ3) is 3.25. The minimum atomic E-state index is -5.91. The first-order chi connectivity index (χ1) is 9.91. The Morgan fingerprint density at radius 3 is 2.23 bits per heavy atom. The maximum Gasteiger partial charge on any atom is 0.372 e. The predicted molar refractivity (Wildman–Crippen MR) is 59.0 cm³/mol. The standard InChI is InChI=1S/C10H10F7N3O2/c1-20(2)8(21)18-5-3-4(22-19-5)6(11)9(14,15)10(16,17)7(12)13/h3,6-7H,1-2H3,(H,18,19,21). The van der Waals surface area contributed by atoms with Gasteiger partial charge in [-0.25, -0.2) is 18.0 Å². The van der Waals surface area contributed by atoms with Crippen LogP contribution in [0.4, 0.5) is 41.3 Å². The molecular weight excluding hydrogens is 327 g/mol. The van der Waals surface area contributed by atoms with E-state index in [0.717, 1.165) is 4.90 Å². The van der Waals surface area contributed by atoms with E-state index >= 15 is 0 Å². The van der Waals surface area contributed by atoms with Gasteiger partial charge in [0.05, 0.1) is 0 Å². The zero-order valence-corrected chi connectivity index (χ0v) is 11.1. The van der Waals surface area contributed by atoms with E-state index in [4.69, 9.17) is 0 Å². The minimum absolute atomic E-state index is 0.390. The van der Waals surface area contributed by atoms with Gasteiger partial charge in [-0.3, -0.25) is 5.32 Å². The number of hydrogen-bond donors (Lipinski definition) is 1. The van der Waals surface area contributed by atoms with E-state index in [2.05, 4.69) is 9.68 Å². The van der Waals surface area contributed by atoms with Crippen molar-refractivity contribution >= 4 is 11.8 Å². The van der Waals surface area contributed by atoms with E-state index in [9.17, 15) is 35.5 Å². The van der Waals surface area contributed by atoms with Gasteiger partial charge in [-0.2, -0.15) is 17.6 Å². The van der Waals surface area contributed by atoms with Crippen molar-refractivity contribution < 1.29 is 40.1 Å². The van der Waals surface area contributed by atoms with Gasteiger partial charge < -0.3 is 9.42 Å². The number of carbonyl (C=O) groups is 1. The summed E-state index contributed by atoms with van der Waals surface area (Å²) in [6, 6.07) is -0.401. The Morgan fingerprint density at radius 1 is 1.23 bits per heavy atom. The van der Waals surface area contributed by atoms with E-state index < -0.39 is 42.1 Å². The van der Waals surface area contributed by atoms with Gasteiger partial charge in [0, 0.05) is 20.2 Å². The number of halogens is 7. The van der Waals surface area contributed by atoms with E-state index in [0.29, 0.717) is 6.07 Å². The number of nitrogens with one attached hydrogen (secondary N) is 1. The quantitative estimate of drug-likeness (QED) is 0.839. The monoisotopic (exact) mass is 337 g/mol. The molecule has 0 aromatic carbocycles. The Kier molecular flexibility index (Phi) is 4.92. The first-order valence-corrected chi connectivity index (χ1v) is 5.54. The van der Waals surface area contributed by atoms with Crippen molar-refractivity contribution in [1.82, 2.24) is 10.1 Å². The van der Waals surface area contributed by atoms with Crippen molar-refractivity contribution in [3.05, 3.63) is 11.8 Å². The first-order valence-electron chi connectivity index (χ1n) is 5.54. The van der Waals surface area contributed by atoms with Crippen molar-refractivity contribution in [2.45, 2.75) is 24.4 Å². The van der Waals surface area contributed by atoms with Crippen molar-refractivity contribution in [3.8, 4) is 0 Å². The summed E-state index contributed by atoms with van der Waals surface area (Å²) in [4.78, 5) is 12.2. The van der Waals surface area contributed by atoms with Crippen LogP contribution in [0.5, 0.6) is 0 Å². The second-order valence-corrected chi connectivity index (χ2v) is 4.35. The molecule has 0 aliphatic heterocycles. The summed E-state index contributed by atoms with van der Waals surface area (Å²) in [6.07, 6.45) is -8.66. The molecule has 22 heavy (non-hydrogen) atoms. The van der Waals surface area contributed by atoms with E-state index in [-0.39, 0.29) is 0 Å². The Morgan fingerprint density at radius 2 is 1.77 bits per heavy atom. The van der Waals surface area contributed by atoms with Crippen LogP contribution in [0.1, 0.15) is 11.9 Å². The van der Waals surface area contributed by atoms with Gasteiger partial charge in [0.1, 0.15) is 0 Å². The molecule has 5 nitrogen and oxygen atoms in total. The summed E-state index contributed by atoms with van der Waals surface area (Å²) in [5.41, 5.74) is 0. The number of nitrogens with zero attached hydrogens (tertiary/aromatic N) is 2. The van der Waals surface area contributed by atoms with Gasteiger partial charge in [0.25, 0.3) is 0 Å². The average molecular weight is 337 g/mol. The molecule has 1 atom stereocenters. The van der Waals surface area contributed by atoms with E-state index in [1.165, 1.54) is 14.1 Å². The zero-order valence-electron chi connectivity index (χ0n) is 11.1. The molecule has 0 fully saturated rings. The van der Waals surface area contributed by atoms with Crippen LogP contribution >= 0.6 is 0 Å². The molecule has 126 valence electrons. The number of rotatable bonds is 5. The average Bonchev–Trinajstić information content (AvgIpc) is 2.85. The number of amides is 2. The van der Waals surface area contributed by atoms with Crippen LogP contribution < -0.4 is 5.32 Å². The van der Waals surface area contributed by atoms with Crippen LogP contribution in [-0.4, -0.2) is 48.5 Å². The Hall–Kier alpha value is -2.01. The topological polar surface area (TPSA) is 58.4 Å². The molecule has 0 saturated carbocycles. The molecule has 0 spiro atoms. The molecular formula is C10H10F7N3O2. The second kappa shape index (κ2) is 6.01. The van der Waals surface area contributed by atoms with Crippen LogP contribution in [0.3, 0.4) is 0 Å². The van der Waals surface area contributed by atoms with Gasteiger partial charge >= 0.3 is 24.3 Å². The zero-order chi connectivity index (χ0) is 17.3. The molecule has 2 amide bonds. The molecule has 12 heteroatoms. The van der Waals surface area contributed by atoms with Crippen molar-refractivity contribution in [1.29, 1.82) is 0 Å². The summed E-state index contributed by atoms with van der Waals surface area (Å²) in [5.74, 6) is -13.6. The Bertz CT molecular complexity index is 532. The first kappa shape index (κ1) is 18.0. The largest absolute Gasteiger partial charge is 0.372 e. The van der Waals surface area contributed by atoms with Crippen LogP contribution in [0.25, 0.3) is 0 Å². The highest BCUT2D eigenvalue weighted by atomic mass is 19.3. The van der Waals surface area contributed by atoms with Gasteiger partial charge in [-0.15, -0.1) is 0 Å². The van der Waals surface area contributed by atoms with Gasteiger partial charge in [0.2, 0.25) is 6.17 Å². The molecule has 1 aromatic rings. The number of urea groups is 1. The van der Waals surface area contributed by atoms with Crippen molar-refractivity contribution in [3.63, 3.8) is 0 Å². The number of alkyl halides is 7. The fourth-order valence-corrected chi connectivity index (χ4v) is 1.18. The molecule has 1 rings (SSSR count). The fourth-order valence-electron chi connectivity index (χ4n) is 1.18. The number of carbonyl (C=O) groups excluding carboxylic acids is 1. The summed E-state index contributed by atoms with van der Waals surface area (Å²) in [7, 11) is 2.62. The summed E-state index contributed by atoms with van der Waals surface area (Å²) in [6.45, 7) is 0. The number of hydrogen-bond acceptors (Lipinski definition) is 3. The predicted octanol–water partition coefficient (Wildman–Crippen LogP) is 3.31. The highest BCUT2D eigenvalue weighted by Crippen LogP contribution is 2.48. The second-order valence-electron chi connectivity index (χ2n) is 4.35. The maximum absolute atomic E-state index is 13.5. The van der Waals surface area contributed by atoms with Gasteiger partial charge in [-0.05, 0) is 0 Å².